The van der Waals surface area contributed by atoms with Gasteiger partial charge in [0.25, 0.3) is 0 Å². The van der Waals surface area contributed by atoms with Crippen LogP contribution in [0.3, 0.4) is 0 Å². The van der Waals surface area contributed by atoms with Crippen molar-refractivity contribution in [1.29, 1.82) is 0 Å². The van der Waals surface area contributed by atoms with Gasteiger partial charge in [-0.2, -0.15) is 0 Å². The Balaban J connectivity index is 1.10. The van der Waals surface area contributed by atoms with E-state index in [1.54, 1.807) is 0 Å². The first-order valence-electron chi connectivity index (χ1n) is 16.8. The Morgan fingerprint density at radius 1 is 0.208 bits per heavy atom. The quantitative estimate of drug-likeness (QED) is 0.176. The minimum Gasteiger partial charge on any atom is -0.0622 e. The zero-order chi connectivity index (χ0) is 31.3. The van der Waals surface area contributed by atoms with Crippen LogP contribution >= 0.6 is 0 Å². The molecule has 0 spiro atoms. The Morgan fingerprint density at radius 3 is 1.12 bits per heavy atom. The summed E-state index contributed by atoms with van der Waals surface area (Å²) in [4.78, 5) is 0. The molecule has 0 fully saturated rings. The van der Waals surface area contributed by atoms with Crippen LogP contribution in [0, 0.1) is 0 Å². The zero-order valence-electron chi connectivity index (χ0n) is 26.2. The average molecular weight is 605 g/mol. The summed E-state index contributed by atoms with van der Waals surface area (Å²) in [5.74, 6) is 0. The van der Waals surface area contributed by atoms with Gasteiger partial charge in [0, 0.05) is 0 Å². The second kappa shape index (κ2) is 9.64. The molecular formula is C48H28. The summed E-state index contributed by atoms with van der Waals surface area (Å²) in [5.41, 5.74) is 7.60. The lowest BCUT2D eigenvalue weighted by Crippen LogP contribution is -1.90. The molecule has 48 heavy (non-hydrogen) atoms. The lowest BCUT2D eigenvalue weighted by atomic mass is 9.87. The van der Waals surface area contributed by atoms with Crippen LogP contribution in [-0.2, 0) is 0 Å². The summed E-state index contributed by atoms with van der Waals surface area (Å²) in [5, 5.41) is 18.3. The fourth-order valence-corrected chi connectivity index (χ4v) is 8.49. The van der Waals surface area contributed by atoms with Gasteiger partial charge < -0.3 is 0 Å². The molecule has 0 saturated carbocycles. The Hall–Kier alpha value is -6.24. The van der Waals surface area contributed by atoms with Gasteiger partial charge in [-0.1, -0.05) is 158 Å². The fourth-order valence-electron chi connectivity index (χ4n) is 8.49. The molecule has 0 unspecified atom stereocenters. The predicted octanol–water partition coefficient (Wildman–Crippen LogP) is 13.6. The molecule has 11 aromatic rings. The summed E-state index contributed by atoms with van der Waals surface area (Å²) >= 11 is 0. The van der Waals surface area contributed by atoms with E-state index >= 15 is 0 Å². The van der Waals surface area contributed by atoms with Crippen molar-refractivity contribution in [1.82, 2.24) is 0 Å². The van der Waals surface area contributed by atoms with Gasteiger partial charge in [0.05, 0.1) is 0 Å². The normalized spacial score (nSPS) is 12.2. The lowest BCUT2D eigenvalue weighted by molar-refractivity contribution is 1.66. The Morgan fingerprint density at radius 2 is 0.604 bits per heavy atom. The molecule has 11 aromatic carbocycles. The molecule has 0 nitrogen and oxygen atoms in total. The standard InChI is InChI=1S/C48H28/c1-2-5-30(6-3-1)39-21-15-34-20-26-44-41(23-17-35-19-25-42(39)47(34)48(35)44)37-14-10-29-9-13-36(27-38(29)28-37)40-22-16-33-12-11-31-7-4-8-32-18-24-43(40)46(33)45(31)32/h1-28H. The van der Waals surface area contributed by atoms with Crippen molar-refractivity contribution in [3.8, 4) is 33.4 Å². The van der Waals surface area contributed by atoms with Crippen LogP contribution in [0.15, 0.2) is 170 Å². The van der Waals surface area contributed by atoms with E-state index in [4.69, 9.17) is 0 Å². The number of rotatable bonds is 3. The maximum Gasteiger partial charge on any atom is -0.00203 e. The van der Waals surface area contributed by atoms with Gasteiger partial charge in [-0.3, -0.25) is 0 Å². The molecule has 0 atom stereocenters. The molecule has 0 aliphatic carbocycles. The van der Waals surface area contributed by atoms with Gasteiger partial charge in [-0.15, -0.1) is 0 Å². The molecule has 0 saturated heterocycles. The number of fused-ring (bicyclic) bond motifs is 1. The SMILES string of the molecule is c1ccc(-c2ccc3ccc4c(-c5ccc6ccc(-c7ccc8ccc9cccc%10ccc7c8c9%10)cc6c5)ccc5ccc2c3c54)cc1. The van der Waals surface area contributed by atoms with Gasteiger partial charge in [0.2, 0.25) is 0 Å². The van der Waals surface area contributed by atoms with E-state index in [1.165, 1.54) is 109 Å². The van der Waals surface area contributed by atoms with Crippen molar-refractivity contribution < 1.29 is 0 Å². The molecule has 11 rings (SSSR count). The first-order valence-corrected chi connectivity index (χ1v) is 16.8. The molecule has 0 bridgehead atoms. The van der Waals surface area contributed by atoms with Crippen LogP contribution < -0.4 is 0 Å². The zero-order valence-corrected chi connectivity index (χ0v) is 26.2. The molecular weight excluding hydrogens is 577 g/mol. The molecule has 0 heterocycles. The van der Waals surface area contributed by atoms with Crippen molar-refractivity contribution >= 4 is 75.4 Å². The summed E-state index contributed by atoms with van der Waals surface area (Å²) in [7, 11) is 0. The van der Waals surface area contributed by atoms with E-state index in [9.17, 15) is 0 Å². The molecule has 220 valence electrons. The molecule has 0 N–H and O–H groups in total. The molecule has 0 aliphatic rings. The number of hydrogen-bond donors (Lipinski definition) is 0. The Bertz CT molecular complexity index is 3020. The van der Waals surface area contributed by atoms with E-state index in [1.807, 2.05) is 0 Å². The minimum absolute atomic E-state index is 1.25. The highest BCUT2D eigenvalue weighted by molar-refractivity contribution is 6.28. The van der Waals surface area contributed by atoms with Crippen LogP contribution in [0.4, 0.5) is 0 Å². The van der Waals surface area contributed by atoms with Crippen LogP contribution in [0.25, 0.3) is 109 Å². The van der Waals surface area contributed by atoms with E-state index in [-0.39, 0.29) is 0 Å². The van der Waals surface area contributed by atoms with Crippen molar-refractivity contribution in [2.45, 2.75) is 0 Å². The molecule has 0 aliphatic heterocycles. The van der Waals surface area contributed by atoms with Crippen molar-refractivity contribution in [2.24, 2.45) is 0 Å². The summed E-state index contributed by atoms with van der Waals surface area (Å²) in [6, 6.07) is 63.4. The van der Waals surface area contributed by atoms with Crippen LogP contribution in [0.2, 0.25) is 0 Å². The Labute approximate surface area is 277 Å². The molecule has 0 amide bonds. The lowest BCUT2D eigenvalue weighted by Gasteiger charge is -2.17. The number of benzene rings is 11. The summed E-state index contributed by atoms with van der Waals surface area (Å²) in [6.07, 6.45) is 0. The maximum atomic E-state index is 2.39. The average Bonchev–Trinajstić information content (AvgIpc) is 3.15. The van der Waals surface area contributed by atoms with E-state index < -0.39 is 0 Å². The third kappa shape index (κ3) is 3.60. The van der Waals surface area contributed by atoms with Crippen LogP contribution in [-0.4, -0.2) is 0 Å². The molecule has 0 aromatic heterocycles. The van der Waals surface area contributed by atoms with E-state index in [0.717, 1.165) is 0 Å². The van der Waals surface area contributed by atoms with Gasteiger partial charge >= 0.3 is 0 Å². The third-order valence-electron chi connectivity index (χ3n) is 10.7. The van der Waals surface area contributed by atoms with Gasteiger partial charge in [0.1, 0.15) is 0 Å². The third-order valence-corrected chi connectivity index (χ3v) is 10.7. The molecule has 0 heteroatoms. The second-order valence-corrected chi connectivity index (χ2v) is 13.3. The van der Waals surface area contributed by atoms with Crippen LogP contribution in [0.5, 0.6) is 0 Å². The highest BCUT2D eigenvalue weighted by Gasteiger charge is 2.16. The number of hydrogen-bond acceptors (Lipinski definition) is 0. The van der Waals surface area contributed by atoms with E-state index in [0.29, 0.717) is 0 Å². The highest BCUT2D eigenvalue weighted by atomic mass is 14.2. The first-order chi connectivity index (χ1) is 23.8. The molecule has 0 radical (unpaired) electrons. The van der Waals surface area contributed by atoms with Crippen molar-refractivity contribution in [3.63, 3.8) is 0 Å². The van der Waals surface area contributed by atoms with Crippen molar-refractivity contribution in [3.05, 3.63) is 170 Å². The summed E-state index contributed by atoms with van der Waals surface area (Å²) < 4.78 is 0. The fraction of sp³-hybridized carbons (Fsp3) is 0. The second-order valence-electron chi connectivity index (χ2n) is 13.3. The van der Waals surface area contributed by atoms with Gasteiger partial charge in [0.15, 0.2) is 0 Å². The van der Waals surface area contributed by atoms with Gasteiger partial charge in [-0.05, 0) is 121 Å². The van der Waals surface area contributed by atoms with E-state index in [2.05, 4.69) is 170 Å². The predicted molar refractivity (Wildman–Crippen MR) is 208 cm³/mol. The van der Waals surface area contributed by atoms with Gasteiger partial charge in [-0.25, -0.2) is 0 Å². The van der Waals surface area contributed by atoms with Crippen LogP contribution in [0.1, 0.15) is 0 Å². The first kappa shape index (κ1) is 25.9. The summed E-state index contributed by atoms with van der Waals surface area (Å²) in [6.45, 7) is 0. The smallest absolute Gasteiger partial charge is 0.00203 e. The van der Waals surface area contributed by atoms with Crippen molar-refractivity contribution in [2.75, 3.05) is 0 Å². The topological polar surface area (TPSA) is 0 Å². The minimum atomic E-state index is 1.25. The largest absolute Gasteiger partial charge is 0.0622 e. The maximum absolute atomic E-state index is 2.39. The highest BCUT2D eigenvalue weighted by Crippen LogP contribution is 2.44. The monoisotopic (exact) mass is 604 g/mol. The Kier molecular flexibility index (Phi) is 5.20.